The van der Waals surface area contributed by atoms with Crippen LogP contribution in [0.25, 0.3) is 0 Å². The second-order valence-corrected chi connectivity index (χ2v) is 7.87. The maximum Gasteiger partial charge on any atom is 0.261 e. The molecule has 28 heavy (non-hydrogen) atoms. The molecule has 146 valence electrons. The van der Waals surface area contributed by atoms with Gasteiger partial charge in [-0.25, -0.2) is 8.42 Å². The van der Waals surface area contributed by atoms with Gasteiger partial charge in [0, 0.05) is 17.4 Å². The van der Waals surface area contributed by atoms with Gasteiger partial charge in [0.15, 0.2) is 0 Å². The van der Waals surface area contributed by atoms with Crippen molar-refractivity contribution in [3.63, 3.8) is 0 Å². The summed E-state index contributed by atoms with van der Waals surface area (Å²) in [7, 11) is -0.443. The SMILES string of the molecule is COc1ccc(Nc2ccc(NS(=O)(=O)c3ccc(C)cc3)cc2)c(OC)c1. The van der Waals surface area contributed by atoms with Crippen LogP contribution in [0.4, 0.5) is 17.1 Å². The van der Waals surface area contributed by atoms with Crippen molar-refractivity contribution in [3.8, 4) is 11.5 Å². The van der Waals surface area contributed by atoms with Crippen LogP contribution in [0.1, 0.15) is 5.56 Å². The van der Waals surface area contributed by atoms with Crippen molar-refractivity contribution < 1.29 is 17.9 Å². The van der Waals surface area contributed by atoms with Crippen molar-refractivity contribution in [2.75, 3.05) is 24.3 Å². The fraction of sp³-hybridized carbons (Fsp3) is 0.143. The number of hydrogen-bond donors (Lipinski definition) is 2. The van der Waals surface area contributed by atoms with E-state index in [1.54, 1.807) is 68.8 Å². The number of nitrogens with one attached hydrogen (secondary N) is 2. The van der Waals surface area contributed by atoms with Crippen LogP contribution in [0.5, 0.6) is 11.5 Å². The molecule has 0 heterocycles. The van der Waals surface area contributed by atoms with Crippen LogP contribution >= 0.6 is 0 Å². The summed E-state index contributed by atoms with van der Waals surface area (Å²) in [5, 5.41) is 3.24. The van der Waals surface area contributed by atoms with Gasteiger partial charge in [0.25, 0.3) is 10.0 Å². The molecule has 3 rings (SSSR count). The third-order valence-corrected chi connectivity index (χ3v) is 5.55. The molecule has 7 heteroatoms. The summed E-state index contributed by atoms with van der Waals surface area (Å²) in [6, 6.07) is 19.1. The Labute approximate surface area is 165 Å². The van der Waals surface area contributed by atoms with Crippen LogP contribution in [-0.4, -0.2) is 22.6 Å². The minimum Gasteiger partial charge on any atom is -0.497 e. The molecule has 0 saturated carbocycles. The van der Waals surface area contributed by atoms with Crippen molar-refractivity contribution in [1.82, 2.24) is 0 Å². The quantitative estimate of drug-likeness (QED) is 0.610. The lowest BCUT2D eigenvalue weighted by Gasteiger charge is -2.13. The zero-order valence-electron chi connectivity index (χ0n) is 15.9. The number of rotatable bonds is 7. The van der Waals surface area contributed by atoms with Gasteiger partial charge in [-0.15, -0.1) is 0 Å². The molecule has 0 aromatic heterocycles. The molecule has 0 aliphatic rings. The molecule has 0 aliphatic carbocycles. The van der Waals surface area contributed by atoms with Crippen LogP contribution < -0.4 is 19.5 Å². The van der Waals surface area contributed by atoms with E-state index in [9.17, 15) is 8.42 Å². The van der Waals surface area contributed by atoms with E-state index < -0.39 is 10.0 Å². The summed E-state index contributed by atoms with van der Waals surface area (Å²) >= 11 is 0. The standard InChI is InChI=1S/C21H22N2O4S/c1-15-4-11-19(12-5-15)28(24,25)23-17-8-6-16(7-9-17)22-20-13-10-18(26-2)14-21(20)27-3/h4-14,22-23H,1-3H3. The second kappa shape index (κ2) is 8.22. The average molecular weight is 398 g/mol. The van der Waals surface area contributed by atoms with Gasteiger partial charge in [0.1, 0.15) is 11.5 Å². The van der Waals surface area contributed by atoms with Gasteiger partial charge in [-0.1, -0.05) is 17.7 Å². The van der Waals surface area contributed by atoms with Crippen molar-refractivity contribution in [2.45, 2.75) is 11.8 Å². The molecule has 0 fully saturated rings. The minimum absolute atomic E-state index is 0.225. The molecule has 0 atom stereocenters. The third kappa shape index (κ3) is 4.55. The summed E-state index contributed by atoms with van der Waals surface area (Å²) in [4.78, 5) is 0.225. The first kappa shape index (κ1) is 19.6. The molecule has 2 N–H and O–H groups in total. The molecular weight excluding hydrogens is 376 g/mol. The smallest absolute Gasteiger partial charge is 0.261 e. The molecule has 0 saturated heterocycles. The monoisotopic (exact) mass is 398 g/mol. The largest absolute Gasteiger partial charge is 0.497 e. The molecule has 0 amide bonds. The zero-order valence-corrected chi connectivity index (χ0v) is 16.7. The van der Waals surface area contributed by atoms with Crippen LogP contribution in [0.15, 0.2) is 71.6 Å². The normalized spacial score (nSPS) is 11.0. The van der Waals surface area contributed by atoms with Crippen molar-refractivity contribution in [2.24, 2.45) is 0 Å². The van der Waals surface area contributed by atoms with E-state index in [0.29, 0.717) is 17.2 Å². The van der Waals surface area contributed by atoms with Gasteiger partial charge in [-0.3, -0.25) is 4.72 Å². The molecule has 3 aromatic rings. The number of benzene rings is 3. The maximum atomic E-state index is 12.5. The first-order valence-corrected chi connectivity index (χ1v) is 10.1. The summed E-state index contributed by atoms with van der Waals surface area (Å²) in [5.41, 5.74) is 3.05. The maximum absolute atomic E-state index is 12.5. The van der Waals surface area contributed by atoms with Crippen molar-refractivity contribution in [3.05, 3.63) is 72.3 Å². The molecule has 3 aromatic carbocycles. The van der Waals surface area contributed by atoms with Crippen LogP contribution in [0.3, 0.4) is 0 Å². The van der Waals surface area contributed by atoms with E-state index in [-0.39, 0.29) is 4.90 Å². The lowest BCUT2D eigenvalue weighted by molar-refractivity contribution is 0.395. The number of ether oxygens (including phenoxy) is 2. The van der Waals surface area contributed by atoms with E-state index in [1.807, 2.05) is 19.1 Å². The lowest BCUT2D eigenvalue weighted by Crippen LogP contribution is -2.12. The first-order chi connectivity index (χ1) is 13.4. The van der Waals surface area contributed by atoms with Gasteiger partial charge < -0.3 is 14.8 Å². The highest BCUT2D eigenvalue weighted by atomic mass is 32.2. The average Bonchev–Trinajstić information content (AvgIpc) is 2.70. The summed E-state index contributed by atoms with van der Waals surface area (Å²) in [6.45, 7) is 1.91. The Kier molecular flexibility index (Phi) is 5.75. The summed E-state index contributed by atoms with van der Waals surface area (Å²) in [5.74, 6) is 1.34. The fourth-order valence-electron chi connectivity index (χ4n) is 2.61. The number of sulfonamides is 1. The Hall–Kier alpha value is -3.19. The molecular formula is C21H22N2O4S. The molecule has 0 radical (unpaired) electrons. The fourth-order valence-corrected chi connectivity index (χ4v) is 3.67. The van der Waals surface area contributed by atoms with Gasteiger partial charge >= 0.3 is 0 Å². The molecule has 0 aliphatic heterocycles. The highest BCUT2D eigenvalue weighted by Gasteiger charge is 2.14. The third-order valence-electron chi connectivity index (χ3n) is 4.16. The van der Waals surface area contributed by atoms with Gasteiger partial charge in [0.05, 0.1) is 24.8 Å². The van der Waals surface area contributed by atoms with E-state index in [0.717, 1.165) is 16.9 Å². The van der Waals surface area contributed by atoms with Crippen LogP contribution in [-0.2, 0) is 10.0 Å². The van der Waals surface area contributed by atoms with Crippen molar-refractivity contribution >= 4 is 27.1 Å². The van der Waals surface area contributed by atoms with Gasteiger partial charge in [-0.2, -0.15) is 0 Å². The van der Waals surface area contributed by atoms with Gasteiger partial charge in [-0.05, 0) is 55.5 Å². The Bertz CT molecular complexity index is 1050. The topological polar surface area (TPSA) is 76.7 Å². The summed E-state index contributed by atoms with van der Waals surface area (Å²) in [6.07, 6.45) is 0. The second-order valence-electron chi connectivity index (χ2n) is 6.19. The summed E-state index contributed by atoms with van der Waals surface area (Å²) < 4.78 is 38.1. The highest BCUT2D eigenvalue weighted by Crippen LogP contribution is 2.31. The predicted octanol–water partition coefficient (Wildman–Crippen LogP) is 4.56. The Morgan fingerprint density at radius 3 is 2.04 bits per heavy atom. The minimum atomic E-state index is -3.62. The Morgan fingerprint density at radius 1 is 0.786 bits per heavy atom. The highest BCUT2D eigenvalue weighted by molar-refractivity contribution is 7.92. The first-order valence-electron chi connectivity index (χ1n) is 8.60. The van der Waals surface area contributed by atoms with Crippen LogP contribution in [0.2, 0.25) is 0 Å². The zero-order chi connectivity index (χ0) is 20.1. The van der Waals surface area contributed by atoms with E-state index in [2.05, 4.69) is 10.0 Å². The Morgan fingerprint density at radius 2 is 1.43 bits per heavy atom. The van der Waals surface area contributed by atoms with E-state index >= 15 is 0 Å². The lowest BCUT2D eigenvalue weighted by atomic mass is 10.2. The van der Waals surface area contributed by atoms with Gasteiger partial charge in [0.2, 0.25) is 0 Å². The number of aryl methyl sites for hydroxylation is 1. The molecule has 0 bridgehead atoms. The number of anilines is 3. The van der Waals surface area contributed by atoms with E-state index in [1.165, 1.54) is 0 Å². The van der Waals surface area contributed by atoms with Crippen LogP contribution in [0, 0.1) is 6.92 Å². The Balaban J connectivity index is 1.74. The van der Waals surface area contributed by atoms with E-state index in [4.69, 9.17) is 9.47 Å². The molecule has 6 nitrogen and oxygen atoms in total. The molecule has 0 spiro atoms. The number of hydrogen-bond acceptors (Lipinski definition) is 5. The predicted molar refractivity (Wildman–Crippen MR) is 111 cm³/mol. The molecule has 0 unspecified atom stereocenters. The number of methoxy groups -OCH3 is 2. The van der Waals surface area contributed by atoms with Crippen molar-refractivity contribution in [1.29, 1.82) is 0 Å².